The zero-order valence-corrected chi connectivity index (χ0v) is 15.3. The summed E-state index contributed by atoms with van der Waals surface area (Å²) in [6.45, 7) is 7.72. The highest BCUT2D eigenvalue weighted by molar-refractivity contribution is 5.88. The predicted octanol–water partition coefficient (Wildman–Crippen LogP) is 3.43. The Bertz CT molecular complexity index is 558. The van der Waals surface area contributed by atoms with Crippen molar-refractivity contribution in [2.24, 2.45) is 0 Å². The number of rotatable bonds is 9. The van der Waals surface area contributed by atoms with E-state index in [2.05, 4.69) is 19.2 Å². The molecule has 24 heavy (non-hydrogen) atoms. The molecule has 0 saturated carbocycles. The van der Waals surface area contributed by atoms with Crippen molar-refractivity contribution in [3.8, 4) is 5.75 Å². The molecule has 2 unspecified atom stereocenters. The Balaban J connectivity index is 2.74. The van der Waals surface area contributed by atoms with E-state index < -0.39 is 11.5 Å². The third kappa shape index (κ3) is 5.25. The molecular formula is C19H29NO4. The summed E-state index contributed by atoms with van der Waals surface area (Å²) < 4.78 is 10.5. The van der Waals surface area contributed by atoms with Gasteiger partial charge in [0.1, 0.15) is 11.3 Å². The topological polar surface area (TPSA) is 64.6 Å². The molecule has 0 aliphatic heterocycles. The Labute approximate surface area is 144 Å². The first kappa shape index (κ1) is 20.0. The van der Waals surface area contributed by atoms with E-state index in [-0.39, 0.29) is 12.5 Å². The zero-order valence-electron chi connectivity index (χ0n) is 15.3. The maximum Gasteiger partial charge on any atom is 0.331 e. The fraction of sp³-hybridized carbons (Fsp3) is 0.579. The van der Waals surface area contributed by atoms with Gasteiger partial charge in [0.25, 0.3) is 5.91 Å². The third-order valence-electron chi connectivity index (χ3n) is 4.22. The Kier molecular flexibility index (Phi) is 7.75. The number of benzene rings is 1. The van der Waals surface area contributed by atoms with Crippen LogP contribution in [0.25, 0.3) is 0 Å². The maximum atomic E-state index is 12.2. The summed E-state index contributed by atoms with van der Waals surface area (Å²) in [7, 11) is 1.32. The van der Waals surface area contributed by atoms with Crippen molar-refractivity contribution in [1.29, 1.82) is 0 Å². The Morgan fingerprint density at radius 2 is 1.92 bits per heavy atom. The van der Waals surface area contributed by atoms with Crippen molar-refractivity contribution in [3.05, 3.63) is 29.8 Å². The minimum Gasteiger partial charge on any atom is -0.483 e. The van der Waals surface area contributed by atoms with Gasteiger partial charge in [-0.05, 0) is 37.3 Å². The van der Waals surface area contributed by atoms with Gasteiger partial charge in [-0.1, -0.05) is 45.4 Å². The smallest absolute Gasteiger partial charge is 0.331 e. The van der Waals surface area contributed by atoms with Crippen molar-refractivity contribution in [2.45, 2.75) is 58.4 Å². The maximum absolute atomic E-state index is 12.2. The quantitative estimate of drug-likeness (QED) is 0.702. The molecule has 1 aromatic rings. The lowest BCUT2D eigenvalue weighted by Gasteiger charge is -2.27. The molecule has 1 rings (SSSR count). The van der Waals surface area contributed by atoms with E-state index in [9.17, 15) is 9.59 Å². The average molecular weight is 335 g/mol. The highest BCUT2D eigenvalue weighted by Gasteiger charge is 2.35. The molecule has 0 aliphatic rings. The standard InChI is InChI=1S/C19H29NO4/c1-6-12-19(4,18(22)23-5)20-17(21)13-24-16-11-9-8-10-15(16)14(3)7-2/h8-11,14H,6-7,12-13H2,1-5H3,(H,20,21). The van der Waals surface area contributed by atoms with Crippen LogP contribution < -0.4 is 10.1 Å². The second kappa shape index (κ2) is 9.30. The van der Waals surface area contributed by atoms with Crippen LogP contribution in [-0.2, 0) is 14.3 Å². The summed E-state index contributed by atoms with van der Waals surface area (Å²) in [5.41, 5.74) is 0.0530. The Morgan fingerprint density at radius 3 is 2.50 bits per heavy atom. The number of methoxy groups -OCH3 is 1. The first-order chi connectivity index (χ1) is 11.4. The summed E-state index contributed by atoms with van der Waals surface area (Å²) >= 11 is 0. The van der Waals surface area contributed by atoms with E-state index in [1.54, 1.807) is 6.92 Å². The molecule has 1 aromatic carbocycles. The lowest BCUT2D eigenvalue weighted by Crippen LogP contribution is -2.53. The number of hydrogen-bond acceptors (Lipinski definition) is 4. The number of esters is 1. The van der Waals surface area contributed by atoms with Gasteiger partial charge in [0, 0.05) is 0 Å². The number of ether oxygens (including phenoxy) is 2. The van der Waals surface area contributed by atoms with Gasteiger partial charge in [-0.2, -0.15) is 0 Å². The fourth-order valence-corrected chi connectivity index (χ4v) is 2.67. The van der Waals surface area contributed by atoms with Gasteiger partial charge < -0.3 is 14.8 Å². The van der Waals surface area contributed by atoms with Gasteiger partial charge in [0.2, 0.25) is 0 Å². The SMILES string of the molecule is CCCC(C)(NC(=O)COc1ccccc1C(C)CC)C(=O)OC. The molecule has 0 aromatic heterocycles. The first-order valence-electron chi connectivity index (χ1n) is 8.49. The first-order valence-corrected chi connectivity index (χ1v) is 8.49. The molecule has 5 heteroatoms. The number of carbonyl (C=O) groups excluding carboxylic acids is 2. The molecule has 5 nitrogen and oxygen atoms in total. The fourth-order valence-electron chi connectivity index (χ4n) is 2.67. The van der Waals surface area contributed by atoms with Crippen LogP contribution in [0.3, 0.4) is 0 Å². The number of carbonyl (C=O) groups is 2. The van der Waals surface area contributed by atoms with E-state index in [0.717, 1.165) is 18.4 Å². The molecular weight excluding hydrogens is 306 g/mol. The van der Waals surface area contributed by atoms with Crippen LogP contribution in [0.2, 0.25) is 0 Å². The molecule has 134 valence electrons. The molecule has 0 spiro atoms. The summed E-state index contributed by atoms with van der Waals surface area (Å²) in [5.74, 6) is 0.273. The van der Waals surface area contributed by atoms with Crippen LogP contribution in [0.5, 0.6) is 5.75 Å². The molecule has 0 saturated heterocycles. The van der Waals surface area contributed by atoms with Crippen molar-refractivity contribution >= 4 is 11.9 Å². The Morgan fingerprint density at radius 1 is 1.25 bits per heavy atom. The van der Waals surface area contributed by atoms with Crippen LogP contribution in [0.4, 0.5) is 0 Å². The molecule has 0 fully saturated rings. The van der Waals surface area contributed by atoms with E-state index in [1.807, 2.05) is 31.2 Å². The van der Waals surface area contributed by atoms with Gasteiger partial charge in [-0.3, -0.25) is 4.79 Å². The Hall–Kier alpha value is -2.04. The van der Waals surface area contributed by atoms with Gasteiger partial charge >= 0.3 is 5.97 Å². The van der Waals surface area contributed by atoms with Crippen LogP contribution in [0, 0.1) is 0 Å². The second-order valence-electron chi connectivity index (χ2n) is 6.26. The predicted molar refractivity (Wildman–Crippen MR) is 94.1 cm³/mol. The van der Waals surface area contributed by atoms with Gasteiger partial charge in [-0.25, -0.2) is 4.79 Å². The zero-order chi connectivity index (χ0) is 18.2. The van der Waals surface area contributed by atoms with Crippen LogP contribution in [-0.4, -0.2) is 31.1 Å². The normalized spacial score (nSPS) is 14.4. The van der Waals surface area contributed by atoms with E-state index >= 15 is 0 Å². The molecule has 1 N–H and O–H groups in total. The molecule has 0 radical (unpaired) electrons. The van der Waals surface area contributed by atoms with Gasteiger partial charge in [0.05, 0.1) is 7.11 Å². The van der Waals surface area contributed by atoms with Crippen molar-refractivity contribution in [1.82, 2.24) is 5.32 Å². The van der Waals surface area contributed by atoms with Crippen LogP contribution >= 0.6 is 0 Å². The lowest BCUT2D eigenvalue weighted by atomic mass is 9.96. The highest BCUT2D eigenvalue weighted by atomic mass is 16.5. The largest absolute Gasteiger partial charge is 0.483 e. The summed E-state index contributed by atoms with van der Waals surface area (Å²) in [6.07, 6.45) is 2.25. The van der Waals surface area contributed by atoms with Gasteiger partial charge in [0.15, 0.2) is 6.61 Å². The van der Waals surface area contributed by atoms with Crippen molar-refractivity contribution in [2.75, 3.05) is 13.7 Å². The number of amides is 1. The number of nitrogens with one attached hydrogen (secondary N) is 1. The van der Waals surface area contributed by atoms with Crippen molar-refractivity contribution < 1.29 is 19.1 Å². The molecule has 0 heterocycles. The van der Waals surface area contributed by atoms with E-state index in [1.165, 1.54) is 7.11 Å². The minimum absolute atomic E-state index is 0.135. The molecule has 1 amide bonds. The van der Waals surface area contributed by atoms with Crippen molar-refractivity contribution in [3.63, 3.8) is 0 Å². The monoisotopic (exact) mass is 335 g/mol. The molecule has 0 bridgehead atoms. The van der Waals surface area contributed by atoms with Crippen LogP contribution in [0.1, 0.15) is 58.4 Å². The summed E-state index contributed by atoms with van der Waals surface area (Å²) in [6, 6.07) is 7.72. The number of hydrogen-bond donors (Lipinski definition) is 1. The molecule has 2 atom stereocenters. The van der Waals surface area contributed by atoms with E-state index in [4.69, 9.17) is 9.47 Å². The lowest BCUT2D eigenvalue weighted by molar-refractivity contribution is -0.150. The summed E-state index contributed by atoms with van der Waals surface area (Å²) in [5, 5.41) is 2.74. The van der Waals surface area contributed by atoms with Crippen LogP contribution in [0.15, 0.2) is 24.3 Å². The van der Waals surface area contributed by atoms with Gasteiger partial charge in [-0.15, -0.1) is 0 Å². The number of para-hydroxylation sites is 1. The minimum atomic E-state index is -1.03. The average Bonchev–Trinajstić information content (AvgIpc) is 2.58. The summed E-state index contributed by atoms with van der Waals surface area (Å²) in [4.78, 5) is 24.2. The third-order valence-corrected chi connectivity index (χ3v) is 4.22. The second-order valence-corrected chi connectivity index (χ2v) is 6.26. The molecule has 0 aliphatic carbocycles. The highest BCUT2D eigenvalue weighted by Crippen LogP contribution is 2.28. The van der Waals surface area contributed by atoms with E-state index in [0.29, 0.717) is 18.1 Å².